The maximum absolute atomic E-state index is 12.1. The Balaban J connectivity index is 2.21. The summed E-state index contributed by atoms with van der Waals surface area (Å²) in [5.41, 5.74) is 1.01. The lowest BCUT2D eigenvalue weighted by Gasteiger charge is -2.05. The predicted octanol–water partition coefficient (Wildman–Crippen LogP) is 2.29. The molecule has 0 fully saturated rings. The van der Waals surface area contributed by atoms with Crippen LogP contribution in [-0.4, -0.2) is 19.5 Å². The van der Waals surface area contributed by atoms with E-state index in [0.29, 0.717) is 0 Å². The van der Waals surface area contributed by atoms with Crippen molar-refractivity contribution in [1.29, 1.82) is 0 Å². The fourth-order valence-electron chi connectivity index (χ4n) is 1.49. The van der Waals surface area contributed by atoms with Crippen molar-refractivity contribution in [1.82, 2.24) is 4.72 Å². The number of hydrogen-bond donors (Lipinski definition) is 2. The molecule has 0 saturated heterocycles. The second kappa shape index (κ2) is 5.41. The van der Waals surface area contributed by atoms with E-state index in [0.717, 1.165) is 21.8 Å². The molecule has 8 heteroatoms. The molecular formula is C11H11NO4S3. The van der Waals surface area contributed by atoms with Crippen molar-refractivity contribution in [2.45, 2.75) is 18.4 Å². The third-order valence-corrected chi connectivity index (χ3v) is 6.00. The number of aromatic carboxylic acids is 1. The summed E-state index contributed by atoms with van der Waals surface area (Å²) in [5, 5.41) is 12.3. The van der Waals surface area contributed by atoms with Gasteiger partial charge in [-0.05, 0) is 35.4 Å². The third kappa shape index (κ3) is 3.03. The Labute approximate surface area is 118 Å². The van der Waals surface area contributed by atoms with Crippen molar-refractivity contribution in [3.63, 3.8) is 0 Å². The number of carboxylic acids is 1. The minimum Gasteiger partial charge on any atom is -0.477 e. The number of sulfonamides is 1. The summed E-state index contributed by atoms with van der Waals surface area (Å²) in [4.78, 5) is 11.5. The highest BCUT2D eigenvalue weighted by atomic mass is 32.2. The Morgan fingerprint density at radius 3 is 2.58 bits per heavy atom. The van der Waals surface area contributed by atoms with Gasteiger partial charge in [0.15, 0.2) is 0 Å². The molecule has 0 aliphatic heterocycles. The zero-order valence-corrected chi connectivity index (χ0v) is 12.4. The number of hydrogen-bond acceptors (Lipinski definition) is 5. The summed E-state index contributed by atoms with van der Waals surface area (Å²) in [5.74, 6) is -1.23. The Morgan fingerprint density at radius 1 is 1.32 bits per heavy atom. The molecule has 0 atom stereocenters. The predicted molar refractivity (Wildman–Crippen MR) is 74.4 cm³/mol. The van der Waals surface area contributed by atoms with Gasteiger partial charge in [0.2, 0.25) is 10.0 Å². The van der Waals surface area contributed by atoms with Crippen LogP contribution >= 0.6 is 22.7 Å². The van der Waals surface area contributed by atoms with Crippen LogP contribution in [0.1, 0.15) is 20.1 Å². The van der Waals surface area contributed by atoms with Gasteiger partial charge in [-0.3, -0.25) is 0 Å². The molecule has 0 bridgehead atoms. The molecule has 0 spiro atoms. The van der Waals surface area contributed by atoms with E-state index in [2.05, 4.69) is 4.72 Å². The number of nitrogens with one attached hydrogen (secondary N) is 1. The summed E-state index contributed by atoms with van der Waals surface area (Å²) in [6, 6.07) is 3.21. The van der Waals surface area contributed by atoms with Crippen molar-refractivity contribution < 1.29 is 18.3 Å². The SMILES string of the molecule is Cc1ccsc1CNS(=O)(=O)c1ccsc1C(=O)O. The molecule has 0 aliphatic carbocycles. The average Bonchev–Trinajstić information content (AvgIpc) is 2.95. The van der Waals surface area contributed by atoms with Crippen LogP contribution in [0.15, 0.2) is 27.8 Å². The van der Waals surface area contributed by atoms with Crippen LogP contribution in [0, 0.1) is 6.92 Å². The Kier molecular flexibility index (Phi) is 4.04. The first-order chi connectivity index (χ1) is 8.92. The van der Waals surface area contributed by atoms with Gasteiger partial charge < -0.3 is 5.11 Å². The third-order valence-electron chi connectivity index (χ3n) is 2.50. The van der Waals surface area contributed by atoms with Gasteiger partial charge in [0.1, 0.15) is 9.77 Å². The van der Waals surface area contributed by atoms with Crippen LogP contribution in [0.3, 0.4) is 0 Å². The number of rotatable bonds is 5. The molecule has 0 aliphatic rings. The van der Waals surface area contributed by atoms with Crippen LogP contribution in [0.25, 0.3) is 0 Å². The van der Waals surface area contributed by atoms with E-state index in [1.54, 1.807) is 0 Å². The molecule has 0 radical (unpaired) electrons. The molecule has 0 saturated carbocycles. The van der Waals surface area contributed by atoms with Gasteiger partial charge in [0.05, 0.1) is 0 Å². The molecular weight excluding hydrogens is 306 g/mol. The number of aryl methyl sites for hydroxylation is 1. The fraction of sp³-hybridized carbons (Fsp3) is 0.182. The van der Waals surface area contributed by atoms with Gasteiger partial charge in [0.25, 0.3) is 0 Å². The molecule has 0 unspecified atom stereocenters. The number of carboxylic acid groups (broad SMARTS) is 1. The molecule has 2 rings (SSSR count). The fourth-order valence-corrected chi connectivity index (χ4v) is 4.68. The van der Waals surface area contributed by atoms with E-state index in [1.807, 2.05) is 18.4 Å². The van der Waals surface area contributed by atoms with Crippen LogP contribution in [-0.2, 0) is 16.6 Å². The second-order valence-corrected chi connectivity index (χ2v) is 7.42. The largest absolute Gasteiger partial charge is 0.477 e. The Morgan fingerprint density at radius 2 is 2.00 bits per heavy atom. The lowest BCUT2D eigenvalue weighted by atomic mass is 10.3. The van der Waals surface area contributed by atoms with Crippen molar-refractivity contribution in [3.8, 4) is 0 Å². The normalized spacial score (nSPS) is 11.6. The van der Waals surface area contributed by atoms with Crippen molar-refractivity contribution in [2.75, 3.05) is 0 Å². The molecule has 19 heavy (non-hydrogen) atoms. The first-order valence-electron chi connectivity index (χ1n) is 5.25. The molecule has 0 aromatic carbocycles. The molecule has 2 N–H and O–H groups in total. The van der Waals surface area contributed by atoms with Crippen molar-refractivity contribution in [3.05, 3.63) is 38.2 Å². The van der Waals surface area contributed by atoms with E-state index >= 15 is 0 Å². The summed E-state index contributed by atoms with van der Waals surface area (Å²) in [6.07, 6.45) is 0. The molecule has 2 heterocycles. The molecule has 2 aromatic heterocycles. The summed E-state index contributed by atoms with van der Waals surface area (Å²) in [6.45, 7) is 2.06. The second-order valence-electron chi connectivity index (χ2n) is 3.77. The van der Waals surface area contributed by atoms with Gasteiger partial charge in [-0.25, -0.2) is 17.9 Å². The Hall–Kier alpha value is -1.22. The highest BCUT2D eigenvalue weighted by Gasteiger charge is 2.23. The van der Waals surface area contributed by atoms with E-state index in [4.69, 9.17) is 5.11 Å². The molecule has 0 amide bonds. The topological polar surface area (TPSA) is 83.5 Å². The zero-order chi connectivity index (χ0) is 14.0. The lowest BCUT2D eigenvalue weighted by molar-refractivity contribution is 0.0698. The van der Waals surface area contributed by atoms with Gasteiger partial charge >= 0.3 is 5.97 Å². The van der Waals surface area contributed by atoms with Crippen LogP contribution < -0.4 is 4.72 Å². The van der Waals surface area contributed by atoms with Gasteiger partial charge in [0, 0.05) is 11.4 Å². The van der Waals surface area contributed by atoms with E-state index in [9.17, 15) is 13.2 Å². The van der Waals surface area contributed by atoms with Gasteiger partial charge in [-0.15, -0.1) is 22.7 Å². The first kappa shape index (κ1) is 14.2. The maximum Gasteiger partial charge on any atom is 0.347 e. The standard InChI is InChI=1S/C11H11NO4S3/c1-7-2-4-17-8(7)6-12-19(15,16)9-3-5-18-10(9)11(13)14/h2-5,12H,6H2,1H3,(H,13,14). The smallest absolute Gasteiger partial charge is 0.347 e. The quantitative estimate of drug-likeness (QED) is 0.886. The van der Waals surface area contributed by atoms with Gasteiger partial charge in [-0.1, -0.05) is 0 Å². The van der Waals surface area contributed by atoms with Crippen molar-refractivity contribution in [2.24, 2.45) is 0 Å². The molecule has 102 valence electrons. The summed E-state index contributed by atoms with van der Waals surface area (Å²) in [7, 11) is -3.80. The highest BCUT2D eigenvalue weighted by molar-refractivity contribution is 7.89. The highest BCUT2D eigenvalue weighted by Crippen LogP contribution is 2.22. The molecule has 2 aromatic rings. The van der Waals surface area contributed by atoms with Gasteiger partial charge in [-0.2, -0.15) is 0 Å². The monoisotopic (exact) mass is 317 g/mol. The first-order valence-corrected chi connectivity index (χ1v) is 8.49. The van der Waals surface area contributed by atoms with E-state index in [-0.39, 0.29) is 16.3 Å². The van der Waals surface area contributed by atoms with Crippen LogP contribution in [0.2, 0.25) is 0 Å². The maximum atomic E-state index is 12.1. The Bertz CT molecular complexity index is 699. The lowest BCUT2D eigenvalue weighted by Crippen LogP contribution is -2.24. The molecule has 5 nitrogen and oxygen atoms in total. The zero-order valence-electron chi connectivity index (χ0n) is 9.91. The van der Waals surface area contributed by atoms with Crippen molar-refractivity contribution >= 4 is 38.7 Å². The minimum absolute atomic E-state index is 0.167. The minimum atomic E-state index is -3.80. The van der Waals surface area contributed by atoms with E-state index in [1.165, 1.54) is 22.8 Å². The van der Waals surface area contributed by atoms with Crippen LogP contribution in [0.4, 0.5) is 0 Å². The van der Waals surface area contributed by atoms with Crippen LogP contribution in [0.5, 0.6) is 0 Å². The average molecular weight is 317 g/mol. The summed E-state index contributed by atoms with van der Waals surface area (Å²) < 4.78 is 26.5. The summed E-state index contributed by atoms with van der Waals surface area (Å²) >= 11 is 2.35. The number of thiophene rings is 2. The number of carbonyl (C=O) groups is 1. The van der Waals surface area contributed by atoms with E-state index < -0.39 is 16.0 Å².